The van der Waals surface area contributed by atoms with E-state index in [2.05, 4.69) is 121 Å². The minimum absolute atomic E-state index is 0.146. The summed E-state index contributed by atoms with van der Waals surface area (Å²) in [5.41, 5.74) is -2.33. The number of rotatable bonds is 6. The highest BCUT2D eigenvalue weighted by molar-refractivity contribution is 8.01. The molecule has 214 valence electrons. The summed E-state index contributed by atoms with van der Waals surface area (Å²) in [6, 6.07) is 49.9. The number of aliphatic hydroxyl groups is 2. The lowest BCUT2D eigenvalue weighted by Gasteiger charge is -2.33. The van der Waals surface area contributed by atoms with Crippen molar-refractivity contribution in [1.82, 2.24) is 0 Å². The second-order valence-corrected chi connectivity index (χ2v) is 13.4. The van der Waals surface area contributed by atoms with Gasteiger partial charge in [-0.3, -0.25) is 4.79 Å². The largest absolute Gasteiger partial charge is 0.509 e. The zero-order valence-electron chi connectivity index (χ0n) is 23.1. The molecule has 1 aliphatic rings. The zero-order chi connectivity index (χ0) is 30.5. The Morgan fingerprint density at radius 1 is 0.558 bits per heavy atom. The van der Waals surface area contributed by atoms with Gasteiger partial charge in [-0.1, -0.05) is 97.1 Å². The Bertz CT molecular complexity index is 1580. The molecule has 43 heavy (non-hydrogen) atoms. The topological polar surface area (TPSA) is 115 Å². The van der Waals surface area contributed by atoms with Gasteiger partial charge in [-0.15, -0.1) is 0 Å². The maximum Gasteiger partial charge on any atom is 0.345 e. The van der Waals surface area contributed by atoms with E-state index in [1.807, 2.05) is 0 Å². The maximum absolute atomic E-state index is 11.2. The van der Waals surface area contributed by atoms with Crippen molar-refractivity contribution >= 4 is 46.5 Å². The van der Waals surface area contributed by atoms with E-state index < -0.39 is 36.5 Å². The molecule has 6 rings (SSSR count). The Morgan fingerprint density at radius 2 is 0.907 bits per heavy atom. The Kier molecular flexibility index (Phi) is 8.53. The fraction of sp³-hybridized carbons (Fsp3) is 0.0556. The SMILES string of the molecule is O=C(O)C1c2ccccc2C=C(O)C1(O)C(=O)O.c1ccc([P+](c2ccccc2)(c2ccccc2)c2ccccc2)cc1. The second-order valence-electron chi connectivity index (χ2n) is 10.0. The first-order chi connectivity index (χ1) is 20.8. The van der Waals surface area contributed by atoms with Crippen LogP contribution in [0.1, 0.15) is 17.0 Å². The fourth-order valence-corrected chi connectivity index (χ4v) is 9.85. The number of carboxylic acid groups (broad SMARTS) is 2. The summed E-state index contributed by atoms with van der Waals surface area (Å²) in [4.78, 5) is 22.3. The molecule has 0 bridgehead atoms. The van der Waals surface area contributed by atoms with Gasteiger partial charge in [-0.25, -0.2) is 4.79 Å². The van der Waals surface area contributed by atoms with Crippen molar-refractivity contribution in [2.24, 2.45) is 0 Å². The molecule has 2 atom stereocenters. The van der Waals surface area contributed by atoms with Gasteiger partial charge in [-0.05, 0) is 65.7 Å². The van der Waals surface area contributed by atoms with Crippen LogP contribution in [0, 0.1) is 0 Å². The lowest BCUT2D eigenvalue weighted by molar-refractivity contribution is -0.167. The van der Waals surface area contributed by atoms with E-state index in [-0.39, 0.29) is 5.56 Å². The Balaban J connectivity index is 0.000000181. The molecular weight excluding hydrogens is 559 g/mol. The molecule has 0 aliphatic heterocycles. The van der Waals surface area contributed by atoms with Crippen LogP contribution in [0.2, 0.25) is 0 Å². The van der Waals surface area contributed by atoms with Crippen LogP contribution in [0.25, 0.3) is 6.08 Å². The lowest BCUT2D eigenvalue weighted by Crippen LogP contribution is -2.50. The molecular formula is C36H30O6P+. The molecule has 6 nitrogen and oxygen atoms in total. The summed E-state index contributed by atoms with van der Waals surface area (Å²) in [6.07, 6.45) is 1.06. The number of carboxylic acids is 2. The molecule has 0 spiro atoms. The van der Waals surface area contributed by atoms with Crippen molar-refractivity contribution in [1.29, 1.82) is 0 Å². The zero-order valence-corrected chi connectivity index (χ0v) is 24.0. The molecule has 5 aromatic rings. The van der Waals surface area contributed by atoms with Crippen LogP contribution >= 0.6 is 7.26 Å². The van der Waals surface area contributed by atoms with Crippen LogP contribution in [0.3, 0.4) is 0 Å². The normalized spacial score (nSPS) is 17.4. The van der Waals surface area contributed by atoms with E-state index in [1.54, 1.807) is 6.07 Å². The number of hydrogen-bond donors (Lipinski definition) is 4. The smallest absolute Gasteiger partial charge is 0.345 e. The molecule has 0 fully saturated rings. The molecule has 4 N–H and O–H groups in total. The van der Waals surface area contributed by atoms with E-state index in [1.165, 1.54) is 39.4 Å². The summed E-state index contributed by atoms with van der Waals surface area (Å²) in [5.74, 6) is -5.97. The monoisotopic (exact) mass is 589 g/mol. The average Bonchev–Trinajstić information content (AvgIpc) is 3.04. The molecule has 0 aromatic heterocycles. The summed E-state index contributed by atoms with van der Waals surface area (Å²) in [5, 5.41) is 43.3. The Hall–Kier alpha value is -5.03. The number of carbonyl (C=O) groups is 2. The van der Waals surface area contributed by atoms with Gasteiger partial charge in [0.25, 0.3) is 0 Å². The van der Waals surface area contributed by atoms with E-state index in [4.69, 9.17) is 10.2 Å². The third-order valence-electron chi connectivity index (χ3n) is 7.55. The van der Waals surface area contributed by atoms with Crippen LogP contribution in [0.5, 0.6) is 0 Å². The molecule has 0 amide bonds. The van der Waals surface area contributed by atoms with E-state index >= 15 is 0 Å². The highest BCUT2D eigenvalue weighted by Gasteiger charge is 2.55. The van der Waals surface area contributed by atoms with E-state index in [0.717, 1.165) is 6.08 Å². The van der Waals surface area contributed by atoms with E-state index in [9.17, 15) is 19.8 Å². The first-order valence-corrected chi connectivity index (χ1v) is 15.4. The minimum atomic E-state index is -2.85. The van der Waals surface area contributed by atoms with Crippen LogP contribution in [-0.2, 0) is 9.59 Å². The van der Waals surface area contributed by atoms with Gasteiger partial charge >= 0.3 is 11.9 Å². The van der Waals surface area contributed by atoms with Crippen molar-refractivity contribution in [3.8, 4) is 0 Å². The minimum Gasteiger partial charge on any atom is -0.509 e. The van der Waals surface area contributed by atoms with Crippen LogP contribution in [-0.4, -0.2) is 38.0 Å². The highest BCUT2D eigenvalue weighted by Crippen LogP contribution is 2.54. The van der Waals surface area contributed by atoms with Gasteiger partial charge < -0.3 is 20.4 Å². The summed E-state index contributed by atoms with van der Waals surface area (Å²) in [7, 11) is -1.91. The number of benzene rings is 5. The van der Waals surface area contributed by atoms with Gasteiger partial charge in [0.1, 0.15) is 40.2 Å². The summed E-state index contributed by atoms with van der Waals surface area (Å²) < 4.78 is 0. The van der Waals surface area contributed by atoms with Crippen LogP contribution in [0.15, 0.2) is 151 Å². The average molecular weight is 590 g/mol. The quantitative estimate of drug-likeness (QED) is 0.210. The third-order valence-corrected chi connectivity index (χ3v) is 11.8. The molecule has 7 heteroatoms. The molecule has 1 aliphatic carbocycles. The molecule has 0 heterocycles. The summed E-state index contributed by atoms with van der Waals surface area (Å²) >= 11 is 0. The van der Waals surface area contributed by atoms with Gasteiger partial charge in [0.2, 0.25) is 5.60 Å². The van der Waals surface area contributed by atoms with Gasteiger partial charge in [-0.2, -0.15) is 0 Å². The standard InChI is InChI=1S/C24H20P.C12H10O6/c1-5-13-21(14-6-1)25(22-15-7-2-8-16-22,23-17-9-3-10-18-23)24-19-11-4-12-20-24;13-8-5-6-3-1-2-4-7(6)9(10(14)15)12(8,18)11(16)17/h1-20H;1-5,9,13,18H,(H,14,15)(H,16,17)/q+1;. The van der Waals surface area contributed by atoms with Gasteiger partial charge in [0, 0.05) is 0 Å². The number of aliphatic carboxylic acids is 2. The number of fused-ring (bicyclic) bond motifs is 1. The Labute approximate surface area is 250 Å². The molecule has 0 saturated carbocycles. The van der Waals surface area contributed by atoms with Gasteiger partial charge in [0.05, 0.1) is 0 Å². The first-order valence-electron chi connectivity index (χ1n) is 13.6. The van der Waals surface area contributed by atoms with Crippen molar-refractivity contribution in [3.63, 3.8) is 0 Å². The number of hydrogen-bond acceptors (Lipinski definition) is 4. The number of aliphatic hydroxyl groups excluding tert-OH is 1. The van der Waals surface area contributed by atoms with Crippen molar-refractivity contribution in [2.45, 2.75) is 11.5 Å². The summed E-state index contributed by atoms with van der Waals surface area (Å²) in [6.45, 7) is 0. The van der Waals surface area contributed by atoms with Gasteiger partial charge in [0.15, 0.2) is 0 Å². The Morgan fingerprint density at radius 3 is 1.26 bits per heavy atom. The van der Waals surface area contributed by atoms with Crippen molar-refractivity contribution in [3.05, 3.63) is 162 Å². The molecule has 2 unspecified atom stereocenters. The van der Waals surface area contributed by atoms with E-state index in [0.29, 0.717) is 5.56 Å². The first kappa shape index (κ1) is 29.5. The predicted octanol–water partition coefficient (Wildman–Crippen LogP) is 4.89. The predicted molar refractivity (Wildman–Crippen MR) is 171 cm³/mol. The second kappa shape index (κ2) is 12.5. The lowest BCUT2D eigenvalue weighted by atomic mass is 9.74. The van der Waals surface area contributed by atoms with Crippen molar-refractivity contribution < 1.29 is 30.0 Å². The highest BCUT2D eigenvalue weighted by atomic mass is 31.2. The fourth-order valence-electron chi connectivity index (χ4n) is 5.58. The maximum atomic E-state index is 11.2. The molecule has 0 saturated heterocycles. The molecule has 0 radical (unpaired) electrons. The van der Waals surface area contributed by atoms with Crippen LogP contribution < -0.4 is 21.2 Å². The van der Waals surface area contributed by atoms with Crippen molar-refractivity contribution in [2.75, 3.05) is 0 Å². The van der Waals surface area contributed by atoms with Crippen LogP contribution in [0.4, 0.5) is 0 Å². The third kappa shape index (κ3) is 5.35. The molecule has 5 aromatic carbocycles.